The minimum Gasteiger partial charge on any atom is -0.464 e. The van der Waals surface area contributed by atoms with Crippen molar-refractivity contribution in [1.82, 2.24) is 9.97 Å². The molecular weight excluding hydrogens is 184 g/mol. The van der Waals surface area contributed by atoms with Crippen molar-refractivity contribution in [3.8, 4) is 0 Å². The molecule has 0 fully saturated rings. The number of H-pyrrole nitrogens is 2. The summed E-state index contributed by atoms with van der Waals surface area (Å²) in [5, 5.41) is 0.689. The molecule has 0 aliphatic carbocycles. The van der Waals surface area contributed by atoms with Crippen LogP contribution in [0.25, 0.3) is 10.9 Å². The van der Waals surface area contributed by atoms with E-state index in [4.69, 9.17) is 0 Å². The fraction of sp³-hybridized carbons (Fsp3) is 0.111. The van der Waals surface area contributed by atoms with E-state index in [0.29, 0.717) is 10.9 Å². The largest absolute Gasteiger partial charge is 0.464 e. The third kappa shape index (κ3) is 1.19. The van der Waals surface area contributed by atoms with Crippen molar-refractivity contribution in [1.29, 1.82) is 0 Å². The number of fused-ring (bicyclic) bond motifs is 1. The van der Waals surface area contributed by atoms with Crippen LogP contribution >= 0.6 is 0 Å². The van der Waals surface area contributed by atoms with Gasteiger partial charge in [0, 0.05) is 11.6 Å². The molecule has 0 saturated heterocycles. The second-order valence-corrected chi connectivity index (χ2v) is 2.81. The summed E-state index contributed by atoms with van der Waals surface area (Å²) in [6.45, 7) is 0. The van der Waals surface area contributed by atoms with Gasteiger partial charge in [0.25, 0.3) is 5.56 Å². The van der Waals surface area contributed by atoms with E-state index in [-0.39, 0.29) is 11.3 Å². The Kier molecular flexibility index (Phi) is 1.85. The van der Waals surface area contributed by atoms with Crippen LogP contribution in [0.2, 0.25) is 0 Å². The van der Waals surface area contributed by atoms with Gasteiger partial charge in [-0.2, -0.15) is 0 Å². The summed E-state index contributed by atoms with van der Waals surface area (Å²) in [5.74, 6) is -0.486. The van der Waals surface area contributed by atoms with E-state index in [9.17, 15) is 9.59 Å². The molecule has 2 heterocycles. The normalized spacial score (nSPS) is 10.4. The topological polar surface area (TPSA) is 75.0 Å². The zero-order chi connectivity index (χ0) is 10.1. The molecule has 2 N–H and O–H groups in total. The molecule has 72 valence electrons. The van der Waals surface area contributed by atoms with Gasteiger partial charge in [0.15, 0.2) is 0 Å². The number of pyridine rings is 1. The molecule has 0 unspecified atom stereocenters. The maximum Gasteiger partial charge on any atom is 0.354 e. The highest BCUT2D eigenvalue weighted by Gasteiger charge is 2.10. The van der Waals surface area contributed by atoms with Gasteiger partial charge in [-0.25, -0.2) is 4.79 Å². The van der Waals surface area contributed by atoms with Gasteiger partial charge in [-0.15, -0.1) is 0 Å². The van der Waals surface area contributed by atoms with Crippen LogP contribution in [-0.2, 0) is 4.74 Å². The zero-order valence-electron chi connectivity index (χ0n) is 7.46. The Morgan fingerprint density at radius 1 is 1.50 bits per heavy atom. The van der Waals surface area contributed by atoms with E-state index in [1.54, 1.807) is 12.1 Å². The summed E-state index contributed by atoms with van der Waals surface area (Å²) in [5.41, 5.74) is 0.407. The molecule has 0 amide bonds. The number of hydrogen-bond acceptors (Lipinski definition) is 3. The van der Waals surface area contributed by atoms with Crippen LogP contribution in [0.1, 0.15) is 10.5 Å². The summed E-state index contributed by atoms with van der Waals surface area (Å²) in [4.78, 5) is 27.6. The van der Waals surface area contributed by atoms with Gasteiger partial charge >= 0.3 is 5.97 Å². The van der Waals surface area contributed by atoms with Crippen LogP contribution < -0.4 is 5.56 Å². The summed E-state index contributed by atoms with van der Waals surface area (Å²) < 4.78 is 4.52. The standard InChI is InChI=1S/C9H8N2O3/c1-14-9(13)6-4-5-2-3-10-8(12)7(5)11-6/h2-4,11H,1H3,(H,10,12). The molecule has 5 heteroatoms. The number of esters is 1. The highest BCUT2D eigenvalue weighted by molar-refractivity contribution is 5.94. The molecule has 0 aliphatic rings. The van der Waals surface area contributed by atoms with Crippen molar-refractivity contribution in [2.75, 3.05) is 7.11 Å². The smallest absolute Gasteiger partial charge is 0.354 e. The van der Waals surface area contributed by atoms with E-state index in [1.807, 2.05) is 0 Å². The number of ether oxygens (including phenoxy) is 1. The highest BCUT2D eigenvalue weighted by atomic mass is 16.5. The lowest BCUT2D eigenvalue weighted by molar-refractivity contribution is 0.0595. The Morgan fingerprint density at radius 2 is 2.29 bits per heavy atom. The molecule has 5 nitrogen and oxygen atoms in total. The van der Waals surface area contributed by atoms with Gasteiger partial charge in [-0.05, 0) is 12.1 Å². The molecule has 0 spiro atoms. The van der Waals surface area contributed by atoms with Crippen molar-refractivity contribution in [2.45, 2.75) is 0 Å². The summed E-state index contributed by atoms with van der Waals surface area (Å²) >= 11 is 0. The van der Waals surface area contributed by atoms with Gasteiger partial charge in [-0.1, -0.05) is 0 Å². The maximum absolute atomic E-state index is 11.3. The molecule has 0 aliphatic heterocycles. The molecule has 14 heavy (non-hydrogen) atoms. The number of nitrogens with one attached hydrogen (secondary N) is 2. The lowest BCUT2D eigenvalue weighted by Crippen LogP contribution is -2.05. The average Bonchev–Trinajstić information content (AvgIpc) is 2.62. The van der Waals surface area contributed by atoms with Gasteiger partial charge in [0.2, 0.25) is 0 Å². The molecule has 0 bridgehead atoms. The van der Waals surface area contributed by atoms with Crippen LogP contribution in [-0.4, -0.2) is 23.0 Å². The predicted molar refractivity (Wildman–Crippen MR) is 50.3 cm³/mol. The second-order valence-electron chi connectivity index (χ2n) is 2.81. The van der Waals surface area contributed by atoms with Crippen molar-refractivity contribution in [2.24, 2.45) is 0 Å². The SMILES string of the molecule is COC(=O)c1cc2cc[nH]c(=O)c2[nH]1. The van der Waals surface area contributed by atoms with E-state index < -0.39 is 5.97 Å². The summed E-state index contributed by atoms with van der Waals surface area (Å²) in [6.07, 6.45) is 1.53. The third-order valence-corrected chi connectivity index (χ3v) is 1.96. The van der Waals surface area contributed by atoms with Gasteiger partial charge < -0.3 is 14.7 Å². The quantitative estimate of drug-likeness (QED) is 0.651. The molecule has 2 aromatic heterocycles. The van der Waals surface area contributed by atoms with Crippen molar-refractivity contribution in [3.05, 3.63) is 34.4 Å². The van der Waals surface area contributed by atoms with Crippen LogP contribution in [0.3, 0.4) is 0 Å². The first-order valence-electron chi connectivity index (χ1n) is 4.01. The van der Waals surface area contributed by atoms with Crippen LogP contribution in [0, 0.1) is 0 Å². The van der Waals surface area contributed by atoms with Crippen LogP contribution in [0.5, 0.6) is 0 Å². The third-order valence-electron chi connectivity index (χ3n) is 1.96. The van der Waals surface area contributed by atoms with E-state index in [2.05, 4.69) is 14.7 Å². The Bertz CT molecular complexity index is 538. The Labute approximate surface area is 78.7 Å². The Morgan fingerprint density at radius 3 is 2.93 bits per heavy atom. The second kappa shape index (κ2) is 3.02. The molecule has 0 saturated carbocycles. The minimum atomic E-state index is -0.486. The lowest BCUT2D eigenvalue weighted by Gasteiger charge is -1.91. The van der Waals surface area contributed by atoms with E-state index in [0.717, 1.165) is 0 Å². The van der Waals surface area contributed by atoms with Gasteiger partial charge in [-0.3, -0.25) is 4.79 Å². The summed E-state index contributed by atoms with van der Waals surface area (Å²) in [7, 11) is 1.29. The van der Waals surface area contributed by atoms with Crippen LogP contribution in [0.15, 0.2) is 23.1 Å². The number of aromatic nitrogens is 2. The molecule has 0 aromatic carbocycles. The fourth-order valence-electron chi connectivity index (χ4n) is 1.29. The zero-order valence-corrected chi connectivity index (χ0v) is 7.46. The molecule has 2 rings (SSSR count). The first-order valence-corrected chi connectivity index (χ1v) is 4.01. The van der Waals surface area contributed by atoms with Crippen molar-refractivity contribution < 1.29 is 9.53 Å². The summed E-state index contributed by atoms with van der Waals surface area (Å²) in [6, 6.07) is 3.29. The molecule has 0 atom stereocenters. The minimum absolute atomic E-state index is 0.252. The molecule has 2 aromatic rings. The predicted octanol–water partition coefficient (Wildman–Crippen LogP) is 0.643. The Hall–Kier alpha value is -2.04. The van der Waals surface area contributed by atoms with E-state index in [1.165, 1.54) is 13.3 Å². The number of carbonyl (C=O) groups is 1. The first kappa shape index (κ1) is 8.55. The number of methoxy groups -OCH3 is 1. The van der Waals surface area contributed by atoms with Gasteiger partial charge in [0.1, 0.15) is 11.2 Å². The monoisotopic (exact) mass is 192 g/mol. The van der Waals surface area contributed by atoms with Crippen molar-refractivity contribution in [3.63, 3.8) is 0 Å². The number of hydrogen-bond donors (Lipinski definition) is 2. The number of rotatable bonds is 1. The molecule has 0 radical (unpaired) electrons. The highest BCUT2D eigenvalue weighted by Crippen LogP contribution is 2.10. The Balaban J connectivity index is 2.68. The number of aromatic amines is 2. The van der Waals surface area contributed by atoms with E-state index >= 15 is 0 Å². The fourth-order valence-corrected chi connectivity index (χ4v) is 1.29. The number of carbonyl (C=O) groups excluding carboxylic acids is 1. The first-order chi connectivity index (χ1) is 6.72. The van der Waals surface area contributed by atoms with Gasteiger partial charge in [0.05, 0.1) is 7.11 Å². The van der Waals surface area contributed by atoms with Crippen LogP contribution in [0.4, 0.5) is 0 Å². The van der Waals surface area contributed by atoms with Crippen molar-refractivity contribution >= 4 is 16.9 Å². The maximum atomic E-state index is 11.3. The average molecular weight is 192 g/mol. The lowest BCUT2D eigenvalue weighted by atomic mass is 10.3. The molecular formula is C9H8N2O3.